The molecule has 2 N–H and O–H groups in total. The Balaban J connectivity index is 1.80. The highest BCUT2D eigenvalue weighted by Crippen LogP contribution is 2.22. The second-order valence-corrected chi connectivity index (χ2v) is 5.74. The summed E-state index contributed by atoms with van der Waals surface area (Å²) in [6, 6.07) is 18.1. The predicted molar refractivity (Wildman–Crippen MR) is 95.3 cm³/mol. The topological polar surface area (TPSA) is 49.3 Å². The number of aliphatic hydroxyl groups is 1. The van der Waals surface area contributed by atoms with Crippen molar-refractivity contribution in [2.45, 2.75) is 38.5 Å². The van der Waals surface area contributed by atoms with E-state index in [1.54, 1.807) is 0 Å². The van der Waals surface area contributed by atoms with Crippen LogP contribution in [0.4, 0.5) is 5.69 Å². The van der Waals surface area contributed by atoms with Gasteiger partial charge in [-0.2, -0.15) is 0 Å². The zero-order valence-electron chi connectivity index (χ0n) is 13.5. The summed E-state index contributed by atoms with van der Waals surface area (Å²) < 4.78 is 0. The van der Waals surface area contributed by atoms with Gasteiger partial charge in [0.05, 0.1) is 0 Å². The average molecular weight is 311 g/mol. The van der Waals surface area contributed by atoms with Crippen molar-refractivity contribution in [3.8, 4) is 11.1 Å². The van der Waals surface area contributed by atoms with Gasteiger partial charge in [-0.05, 0) is 36.1 Å². The maximum absolute atomic E-state index is 12.0. The molecule has 3 nitrogen and oxygen atoms in total. The summed E-state index contributed by atoms with van der Waals surface area (Å²) in [4.78, 5) is 12.0. The van der Waals surface area contributed by atoms with Crippen LogP contribution >= 0.6 is 0 Å². The number of benzene rings is 2. The molecule has 0 aliphatic carbocycles. The number of anilines is 1. The van der Waals surface area contributed by atoms with E-state index in [0.29, 0.717) is 6.42 Å². The summed E-state index contributed by atoms with van der Waals surface area (Å²) >= 11 is 0. The third kappa shape index (κ3) is 6.25. The lowest BCUT2D eigenvalue weighted by atomic mass is 10.1. The van der Waals surface area contributed by atoms with E-state index in [-0.39, 0.29) is 12.5 Å². The molecular weight excluding hydrogens is 286 g/mol. The maximum atomic E-state index is 12.0. The van der Waals surface area contributed by atoms with Gasteiger partial charge in [0.1, 0.15) is 0 Å². The van der Waals surface area contributed by atoms with Crippen LogP contribution in [0.3, 0.4) is 0 Å². The quantitative estimate of drug-likeness (QED) is 0.664. The Labute approximate surface area is 138 Å². The lowest BCUT2D eigenvalue weighted by Crippen LogP contribution is -2.11. The Morgan fingerprint density at radius 1 is 0.826 bits per heavy atom. The van der Waals surface area contributed by atoms with Crippen LogP contribution in [0.2, 0.25) is 0 Å². The molecule has 3 heteroatoms. The predicted octanol–water partition coefficient (Wildman–Crippen LogP) is 4.63. The van der Waals surface area contributed by atoms with Crippen LogP contribution < -0.4 is 5.32 Å². The number of amides is 1. The number of aliphatic hydroxyl groups excluding tert-OH is 1. The minimum absolute atomic E-state index is 0.0670. The van der Waals surface area contributed by atoms with E-state index in [2.05, 4.69) is 17.4 Å². The fourth-order valence-electron chi connectivity index (χ4n) is 2.56. The van der Waals surface area contributed by atoms with Crippen molar-refractivity contribution in [1.29, 1.82) is 0 Å². The van der Waals surface area contributed by atoms with Gasteiger partial charge in [-0.3, -0.25) is 4.79 Å². The highest BCUT2D eigenvalue weighted by Gasteiger charge is 2.04. The summed E-state index contributed by atoms with van der Waals surface area (Å²) in [7, 11) is 0. The number of rotatable bonds is 9. The van der Waals surface area contributed by atoms with E-state index >= 15 is 0 Å². The molecule has 0 spiro atoms. The van der Waals surface area contributed by atoms with Gasteiger partial charge in [-0.25, -0.2) is 0 Å². The standard InChI is InChI=1S/C20H25NO2/c22-15-8-3-1-2-7-14-20(23)21-19-13-9-12-18(16-19)17-10-5-4-6-11-17/h4-6,9-13,16,22H,1-3,7-8,14-15H2,(H,21,23). The Kier molecular flexibility index (Phi) is 7.34. The number of hydrogen-bond donors (Lipinski definition) is 2. The van der Waals surface area contributed by atoms with E-state index < -0.39 is 0 Å². The van der Waals surface area contributed by atoms with Crippen molar-refractivity contribution in [2.24, 2.45) is 0 Å². The van der Waals surface area contributed by atoms with Crippen molar-refractivity contribution < 1.29 is 9.90 Å². The van der Waals surface area contributed by atoms with Gasteiger partial charge in [-0.1, -0.05) is 61.7 Å². The first kappa shape index (κ1) is 17.2. The first-order valence-electron chi connectivity index (χ1n) is 8.36. The molecule has 0 aliphatic rings. The molecule has 122 valence electrons. The highest BCUT2D eigenvalue weighted by atomic mass is 16.2. The molecule has 0 heterocycles. The van der Waals surface area contributed by atoms with Crippen LogP contribution in [0.5, 0.6) is 0 Å². The first-order valence-corrected chi connectivity index (χ1v) is 8.36. The second-order valence-electron chi connectivity index (χ2n) is 5.74. The van der Waals surface area contributed by atoms with Gasteiger partial charge >= 0.3 is 0 Å². The van der Waals surface area contributed by atoms with Crippen molar-refractivity contribution in [2.75, 3.05) is 11.9 Å². The third-order valence-corrected chi connectivity index (χ3v) is 3.82. The van der Waals surface area contributed by atoms with Crippen LogP contribution in [0.15, 0.2) is 54.6 Å². The first-order chi connectivity index (χ1) is 11.3. The molecule has 0 unspecified atom stereocenters. The molecule has 1 amide bonds. The molecular formula is C20H25NO2. The molecule has 0 aromatic heterocycles. The van der Waals surface area contributed by atoms with E-state index in [1.807, 2.05) is 42.5 Å². The van der Waals surface area contributed by atoms with Crippen LogP contribution in [0.1, 0.15) is 38.5 Å². The number of nitrogens with one attached hydrogen (secondary N) is 1. The van der Waals surface area contributed by atoms with Crippen LogP contribution in [-0.4, -0.2) is 17.6 Å². The lowest BCUT2D eigenvalue weighted by Gasteiger charge is -2.08. The molecule has 0 bridgehead atoms. The van der Waals surface area contributed by atoms with E-state index in [0.717, 1.165) is 48.9 Å². The molecule has 2 aromatic rings. The number of carbonyl (C=O) groups excluding carboxylic acids is 1. The van der Waals surface area contributed by atoms with Crippen molar-refractivity contribution >= 4 is 11.6 Å². The molecule has 2 aromatic carbocycles. The summed E-state index contributed by atoms with van der Waals surface area (Å²) in [6.45, 7) is 0.262. The highest BCUT2D eigenvalue weighted by molar-refractivity contribution is 5.91. The smallest absolute Gasteiger partial charge is 0.224 e. The van der Waals surface area contributed by atoms with E-state index in [9.17, 15) is 4.79 Å². The van der Waals surface area contributed by atoms with Crippen molar-refractivity contribution in [1.82, 2.24) is 0 Å². The van der Waals surface area contributed by atoms with E-state index in [4.69, 9.17) is 5.11 Å². The number of carbonyl (C=O) groups is 1. The Hall–Kier alpha value is -2.13. The molecule has 2 rings (SSSR count). The molecule has 0 fully saturated rings. The van der Waals surface area contributed by atoms with Gasteiger partial charge in [0.15, 0.2) is 0 Å². The van der Waals surface area contributed by atoms with Gasteiger partial charge in [-0.15, -0.1) is 0 Å². The SMILES string of the molecule is O=C(CCCCCCCO)Nc1cccc(-c2ccccc2)c1. The largest absolute Gasteiger partial charge is 0.396 e. The zero-order valence-corrected chi connectivity index (χ0v) is 13.5. The second kappa shape index (κ2) is 9.80. The monoisotopic (exact) mass is 311 g/mol. The molecule has 23 heavy (non-hydrogen) atoms. The van der Waals surface area contributed by atoms with Gasteiger partial charge in [0.2, 0.25) is 5.91 Å². The number of hydrogen-bond acceptors (Lipinski definition) is 2. The molecule has 0 atom stereocenters. The van der Waals surface area contributed by atoms with Gasteiger partial charge < -0.3 is 10.4 Å². The fraction of sp³-hybridized carbons (Fsp3) is 0.350. The Bertz CT molecular complexity index is 596. The summed E-state index contributed by atoms with van der Waals surface area (Å²) in [5, 5.41) is 11.7. The third-order valence-electron chi connectivity index (χ3n) is 3.82. The van der Waals surface area contributed by atoms with Crippen LogP contribution in [0.25, 0.3) is 11.1 Å². The zero-order chi connectivity index (χ0) is 16.3. The normalized spacial score (nSPS) is 10.5. The average Bonchev–Trinajstić information content (AvgIpc) is 2.59. The maximum Gasteiger partial charge on any atom is 0.224 e. The van der Waals surface area contributed by atoms with Crippen molar-refractivity contribution in [3.05, 3.63) is 54.6 Å². The van der Waals surface area contributed by atoms with E-state index in [1.165, 1.54) is 0 Å². The van der Waals surface area contributed by atoms with Crippen molar-refractivity contribution in [3.63, 3.8) is 0 Å². The van der Waals surface area contributed by atoms with Crippen LogP contribution in [-0.2, 0) is 4.79 Å². The molecule has 0 aliphatic heterocycles. The van der Waals surface area contributed by atoms with Gasteiger partial charge in [0.25, 0.3) is 0 Å². The van der Waals surface area contributed by atoms with Gasteiger partial charge in [0, 0.05) is 18.7 Å². The molecule has 0 saturated heterocycles. The molecule has 0 radical (unpaired) electrons. The number of unbranched alkanes of at least 4 members (excludes halogenated alkanes) is 4. The Morgan fingerprint density at radius 3 is 2.30 bits per heavy atom. The Morgan fingerprint density at radius 2 is 1.52 bits per heavy atom. The summed E-state index contributed by atoms with van der Waals surface area (Å²) in [6.07, 6.45) is 5.47. The lowest BCUT2D eigenvalue weighted by molar-refractivity contribution is -0.116. The minimum atomic E-state index is 0.0670. The summed E-state index contributed by atoms with van der Waals surface area (Å²) in [5.41, 5.74) is 3.09. The summed E-state index contributed by atoms with van der Waals surface area (Å²) in [5.74, 6) is 0.0670. The minimum Gasteiger partial charge on any atom is -0.396 e. The molecule has 0 saturated carbocycles. The fourth-order valence-corrected chi connectivity index (χ4v) is 2.56. The van der Waals surface area contributed by atoms with Crippen LogP contribution in [0, 0.1) is 0 Å².